The fraction of sp³-hybridized carbons (Fsp3) is 0.667. The third-order valence-electron chi connectivity index (χ3n) is 5.61. The zero-order valence-corrected chi connectivity index (χ0v) is 12.7. The van der Waals surface area contributed by atoms with Crippen LogP contribution in [-0.2, 0) is 0 Å². The summed E-state index contributed by atoms with van der Waals surface area (Å²) < 4.78 is 0. The first-order valence-corrected chi connectivity index (χ1v) is 8.20. The van der Waals surface area contributed by atoms with Crippen molar-refractivity contribution in [2.45, 2.75) is 50.0 Å². The van der Waals surface area contributed by atoms with Crippen molar-refractivity contribution >= 4 is 0 Å². The Labute approximate surface area is 123 Å². The first-order chi connectivity index (χ1) is 9.73. The molecule has 0 heterocycles. The summed E-state index contributed by atoms with van der Waals surface area (Å²) in [6, 6.07) is 11.0. The molecule has 0 unspecified atom stereocenters. The van der Waals surface area contributed by atoms with Gasteiger partial charge in [0.2, 0.25) is 0 Å². The van der Waals surface area contributed by atoms with E-state index in [9.17, 15) is 0 Å². The summed E-state index contributed by atoms with van der Waals surface area (Å²) in [5, 5.41) is 0. The molecule has 110 valence electrons. The van der Waals surface area contributed by atoms with Crippen molar-refractivity contribution in [3.05, 3.63) is 35.9 Å². The Morgan fingerprint density at radius 2 is 1.75 bits per heavy atom. The summed E-state index contributed by atoms with van der Waals surface area (Å²) in [6.45, 7) is 2.07. The SMILES string of the molecule is CN(CC1CC1)C1(CN)CCC(c2ccccc2)CC1. The summed E-state index contributed by atoms with van der Waals surface area (Å²) >= 11 is 0. The largest absolute Gasteiger partial charge is 0.329 e. The topological polar surface area (TPSA) is 29.3 Å². The van der Waals surface area contributed by atoms with Crippen LogP contribution in [0.2, 0.25) is 0 Å². The molecule has 0 saturated heterocycles. The summed E-state index contributed by atoms with van der Waals surface area (Å²) in [5.74, 6) is 1.69. The number of rotatable bonds is 5. The van der Waals surface area contributed by atoms with Crippen LogP contribution in [0.1, 0.15) is 50.0 Å². The van der Waals surface area contributed by atoms with Gasteiger partial charge in [-0.3, -0.25) is 4.90 Å². The summed E-state index contributed by atoms with van der Waals surface area (Å²) in [7, 11) is 2.30. The van der Waals surface area contributed by atoms with Gasteiger partial charge < -0.3 is 5.73 Å². The van der Waals surface area contributed by atoms with Crippen molar-refractivity contribution < 1.29 is 0 Å². The maximum absolute atomic E-state index is 6.18. The third kappa shape index (κ3) is 2.91. The Morgan fingerprint density at radius 1 is 1.10 bits per heavy atom. The van der Waals surface area contributed by atoms with Crippen LogP contribution in [0, 0.1) is 5.92 Å². The Hall–Kier alpha value is -0.860. The molecule has 2 aliphatic carbocycles. The number of nitrogens with zero attached hydrogens (tertiary/aromatic N) is 1. The van der Waals surface area contributed by atoms with Crippen molar-refractivity contribution in [2.75, 3.05) is 20.1 Å². The van der Waals surface area contributed by atoms with Gasteiger partial charge in [0.25, 0.3) is 0 Å². The highest BCUT2D eigenvalue weighted by Gasteiger charge is 2.39. The molecule has 3 rings (SSSR count). The van der Waals surface area contributed by atoms with Crippen LogP contribution in [0.25, 0.3) is 0 Å². The molecule has 0 aliphatic heterocycles. The standard InChI is InChI=1S/C18H28N2/c1-20(13-15-7-8-15)18(14-19)11-9-17(10-12-18)16-5-3-2-4-6-16/h2-6,15,17H,7-14,19H2,1H3. The van der Waals surface area contributed by atoms with E-state index in [0.717, 1.165) is 18.4 Å². The van der Waals surface area contributed by atoms with Crippen molar-refractivity contribution in [3.8, 4) is 0 Å². The first-order valence-electron chi connectivity index (χ1n) is 8.20. The van der Waals surface area contributed by atoms with E-state index in [1.807, 2.05) is 0 Å². The molecule has 2 nitrogen and oxygen atoms in total. The van der Waals surface area contributed by atoms with Crippen LogP contribution in [-0.4, -0.2) is 30.6 Å². The predicted molar refractivity (Wildman–Crippen MR) is 84.8 cm³/mol. The maximum atomic E-state index is 6.18. The Balaban J connectivity index is 1.63. The highest BCUT2D eigenvalue weighted by atomic mass is 15.2. The molecule has 0 spiro atoms. The number of likely N-dealkylation sites (N-methyl/N-ethyl adjacent to an activating group) is 1. The highest BCUT2D eigenvalue weighted by Crippen LogP contribution is 2.41. The van der Waals surface area contributed by atoms with Crippen LogP contribution in [0.15, 0.2) is 30.3 Å². The maximum Gasteiger partial charge on any atom is 0.0329 e. The van der Waals surface area contributed by atoms with E-state index in [-0.39, 0.29) is 5.54 Å². The van der Waals surface area contributed by atoms with E-state index in [1.165, 1.54) is 50.6 Å². The molecule has 2 saturated carbocycles. The lowest BCUT2D eigenvalue weighted by molar-refractivity contribution is 0.0720. The van der Waals surface area contributed by atoms with Gasteiger partial charge in [0.15, 0.2) is 0 Å². The summed E-state index contributed by atoms with van der Waals surface area (Å²) in [4.78, 5) is 2.59. The number of hydrogen-bond acceptors (Lipinski definition) is 2. The monoisotopic (exact) mass is 272 g/mol. The lowest BCUT2D eigenvalue weighted by atomic mass is 9.73. The Bertz CT molecular complexity index is 416. The zero-order chi connectivity index (χ0) is 14.0. The van der Waals surface area contributed by atoms with E-state index < -0.39 is 0 Å². The van der Waals surface area contributed by atoms with Crippen molar-refractivity contribution in [3.63, 3.8) is 0 Å². The number of hydrogen-bond donors (Lipinski definition) is 1. The van der Waals surface area contributed by atoms with Gasteiger partial charge in [-0.15, -0.1) is 0 Å². The van der Waals surface area contributed by atoms with Gasteiger partial charge in [0, 0.05) is 18.6 Å². The molecule has 1 aromatic carbocycles. The Morgan fingerprint density at radius 3 is 2.30 bits per heavy atom. The molecule has 1 aromatic rings. The quantitative estimate of drug-likeness (QED) is 0.890. The van der Waals surface area contributed by atoms with Crippen molar-refractivity contribution in [1.29, 1.82) is 0 Å². The molecule has 2 heteroatoms. The minimum Gasteiger partial charge on any atom is -0.329 e. The normalized spacial score (nSPS) is 30.6. The zero-order valence-electron chi connectivity index (χ0n) is 12.7. The van der Waals surface area contributed by atoms with Gasteiger partial charge in [0.1, 0.15) is 0 Å². The molecule has 2 fully saturated rings. The van der Waals surface area contributed by atoms with Gasteiger partial charge >= 0.3 is 0 Å². The van der Waals surface area contributed by atoms with Gasteiger partial charge in [-0.05, 0) is 63.0 Å². The second-order valence-corrected chi connectivity index (χ2v) is 6.94. The van der Waals surface area contributed by atoms with Crippen molar-refractivity contribution in [2.24, 2.45) is 11.7 Å². The molecule has 0 bridgehead atoms. The average molecular weight is 272 g/mol. The molecule has 0 atom stereocenters. The molecule has 2 aliphatic rings. The van der Waals surface area contributed by atoms with Crippen LogP contribution >= 0.6 is 0 Å². The summed E-state index contributed by atoms with van der Waals surface area (Å²) in [5.41, 5.74) is 7.97. The van der Waals surface area contributed by atoms with E-state index in [2.05, 4.69) is 42.3 Å². The second-order valence-electron chi connectivity index (χ2n) is 6.94. The molecule has 20 heavy (non-hydrogen) atoms. The smallest absolute Gasteiger partial charge is 0.0329 e. The predicted octanol–water partition coefficient (Wildman–Crippen LogP) is 3.38. The number of benzene rings is 1. The van der Waals surface area contributed by atoms with Crippen LogP contribution in [0.5, 0.6) is 0 Å². The number of nitrogens with two attached hydrogens (primary N) is 1. The van der Waals surface area contributed by atoms with Gasteiger partial charge in [-0.25, -0.2) is 0 Å². The minimum absolute atomic E-state index is 0.272. The van der Waals surface area contributed by atoms with Gasteiger partial charge in [0.05, 0.1) is 0 Å². The third-order valence-corrected chi connectivity index (χ3v) is 5.61. The van der Waals surface area contributed by atoms with Crippen molar-refractivity contribution in [1.82, 2.24) is 4.90 Å². The van der Waals surface area contributed by atoms with E-state index in [4.69, 9.17) is 5.73 Å². The first kappa shape index (κ1) is 14.1. The molecular formula is C18H28N2. The minimum atomic E-state index is 0.272. The molecular weight excluding hydrogens is 244 g/mol. The fourth-order valence-electron chi connectivity index (χ4n) is 3.84. The van der Waals surface area contributed by atoms with E-state index in [0.29, 0.717) is 0 Å². The summed E-state index contributed by atoms with van der Waals surface area (Å²) in [6.07, 6.45) is 7.94. The average Bonchev–Trinajstić information content (AvgIpc) is 3.32. The lowest BCUT2D eigenvalue weighted by Gasteiger charge is -2.46. The molecule has 0 amide bonds. The molecule has 2 N–H and O–H groups in total. The lowest BCUT2D eigenvalue weighted by Crippen LogP contribution is -2.54. The van der Waals surface area contributed by atoms with Gasteiger partial charge in [-0.2, -0.15) is 0 Å². The van der Waals surface area contributed by atoms with Gasteiger partial charge in [-0.1, -0.05) is 30.3 Å². The van der Waals surface area contributed by atoms with Crippen LogP contribution < -0.4 is 5.73 Å². The highest BCUT2D eigenvalue weighted by molar-refractivity contribution is 5.20. The molecule has 0 aromatic heterocycles. The van der Waals surface area contributed by atoms with E-state index in [1.54, 1.807) is 0 Å². The second kappa shape index (κ2) is 5.87. The molecule has 0 radical (unpaired) electrons. The fourth-order valence-corrected chi connectivity index (χ4v) is 3.84. The van der Waals surface area contributed by atoms with Crippen LogP contribution in [0.3, 0.4) is 0 Å². The van der Waals surface area contributed by atoms with Crippen LogP contribution in [0.4, 0.5) is 0 Å². The van der Waals surface area contributed by atoms with E-state index >= 15 is 0 Å². The Kier molecular flexibility index (Phi) is 4.13.